The smallest absolute Gasteiger partial charge is 0.308 e. The quantitative estimate of drug-likeness (QED) is 0.637. The molecule has 0 bridgehead atoms. The fourth-order valence-corrected chi connectivity index (χ4v) is 1.50. The zero-order chi connectivity index (χ0) is 11.3. The lowest BCUT2D eigenvalue weighted by Crippen LogP contribution is -2.25. The Labute approximate surface area is 88.0 Å². The van der Waals surface area contributed by atoms with Crippen LogP contribution in [0.4, 0.5) is 0 Å². The van der Waals surface area contributed by atoms with Crippen molar-refractivity contribution in [2.75, 3.05) is 6.61 Å². The van der Waals surface area contributed by atoms with E-state index in [1.54, 1.807) is 0 Å². The Balaban J connectivity index is 4.01. The molecule has 2 heteroatoms. The molecule has 0 saturated heterocycles. The van der Waals surface area contributed by atoms with E-state index >= 15 is 0 Å². The molecule has 0 amide bonds. The van der Waals surface area contributed by atoms with Gasteiger partial charge in [0.15, 0.2) is 0 Å². The van der Waals surface area contributed by atoms with Gasteiger partial charge in [-0.15, -0.1) is 0 Å². The monoisotopic (exact) mass is 200 g/mol. The molecular formula is C12H24O2. The van der Waals surface area contributed by atoms with Crippen LogP contribution in [0.2, 0.25) is 0 Å². The van der Waals surface area contributed by atoms with Crippen molar-refractivity contribution in [3.63, 3.8) is 0 Å². The second-order valence-corrected chi connectivity index (χ2v) is 4.94. The maximum atomic E-state index is 11.3. The molecule has 84 valence electrons. The van der Waals surface area contributed by atoms with E-state index in [0.717, 1.165) is 0 Å². The van der Waals surface area contributed by atoms with Crippen LogP contribution in [0.5, 0.6) is 0 Å². The van der Waals surface area contributed by atoms with Crippen molar-refractivity contribution in [1.82, 2.24) is 0 Å². The van der Waals surface area contributed by atoms with Crippen LogP contribution in [-0.4, -0.2) is 12.6 Å². The van der Waals surface area contributed by atoms with Gasteiger partial charge in [-0.2, -0.15) is 0 Å². The Morgan fingerprint density at radius 2 is 1.43 bits per heavy atom. The standard InChI is InChI=1S/C12H24O2/c1-8(2)11(9(3)4)7-14-12(13)10(5)6/h8-11H,7H2,1-6H3. The highest BCUT2D eigenvalue weighted by atomic mass is 16.5. The number of esters is 1. The van der Waals surface area contributed by atoms with E-state index in [1.807, 2.05) is 13.8 Å². The van der Waals surface area contributed by atoms with E-state index in [-0.39, 0.29) is 11.9 Å². The summed E-state index contributed by atoms with van der Waals surface area (Å²) in [6, 6.07) is 0. The predicted octanol–water partition coefficient (Wildman–Crippen LogP) is 3.11. The number of carbonyl (C=O) groups is 1. The third-order valence-corrected chi connectivity index (χ3v) is 2.60. The minimum atomic E-state index is -0.0868. The van der Waals surface area contributed by atoms with Crippen LogP contribution in [0.3, 0.4) is 0 Å². The van der Waals surface area contributed by atoms with Crippen molar-refractivity contribution in [3.8, 4) is 0 Å². The molecule has 0 unspecified atom stereocenters. The first kappa shape index (κ1) is 13.5. The van der Waals surface area contributed by atoms with Crippen LogP contribution >= 0.6 is 0 Å². The molecule has 0 aliphatic rings. The first-order valence-electron chi connectivity index (χ1n) is 5.52. The van der Waals surface area contributed by atoms with Gasteiger partial charge >= 0.3 is 5.97 Å². The predicted molar refractivity (Wildman–Crippen MR) is 59.0 cm³/mol. The molecule has 0 rings (SSSR count). The Morgan fingerprint density at radius 3 is 1.71 bits per heavy atom. The first-order chi connectivity index (χ1) is 6.36. The number of carbonyl (C=O) groups excluding carboxylic acids is 1. The molecule has 0 radical (unpaired) electrons. The van der Waals surface area contributed by atoms with E-state index in [4.69, 9.17) is 4.74 Å². The van der Waals surface area contributed by atoms with Gasteiger partial charge < -0.3 is 4.74 Å². The van der Waals surface area contributed by atoms with E-state index in [9.17, 15) is 4.79 Å². The highest BCUT2D eigenvalue weighted by Gasteiger charge is 2.20. The summed E-state index contributed by atoms with van der Waals surface area (Å²) in [5.74, 6) is 1.49. The van der Waals surface area contributed by atoms with Gasteiger partial charge in [0.1, 0.15) is 0 Å². The lowest BCUT2D eigenvalue weighted by Gasteiger charge is -2.24. The molecule has 0 aromatic heterocycles. The Hall–Kier alpha value is -0.530. The van der Waals surface area contributed by atoms with Gasteiger partial charge in [-0.05, 0) is 17.8 Å². The molecule has 14 heavy (non-hydrogen) atoms. The molecular weight excluding hydrogens is 176 g/mol. The van der Waals surface area contributed by atoms with Crippen LogP contribution in [-0.2, 0) is 9.53 Å². The molecule has 0 atom stereocenters. The molecule has 0 heterocycles. The summed E-state index contributed by atoms with van der Waals surface area (Å²) < 4.78 is 5.25. The number of hydrogen-bond donors (Lipinski definition) is 0. The molecule has 0 spiro atoms. The van der Waals surface area contributed by atoms with Crippen molar-refractivity contribution in [2.45, 2.75) is 41.5 Å². The Bertz CT molecular complexity index is 163. The Kier molecular flexibility index (Phi) is 5.82. The average Bonchev–Trinajstić information content (AvgIpc) is 2.02. The van der Waals surface area contributed by atoms with E-state index in [1.165, 1.54) is 0 Å². The zero-order valence-electron chi connectivity index (χ0n) is 10.3. The van der Waals surface area contributed by atoms with Gasteiger partial charge in [-0.25, -0.2) is 0 Å². The minimum Gasteiger partial charge on any atom is -0.465 e. The summed E-state index contributed by atoms with van der Waals surface area (Å²) in [5.41, 5.74) is 0. The average molecular weight is 200 g/mol. The summed E-state index contributed by atoms with van der Waals surface area (Å²) in [5, 5.41) is 0. The van der Waals surface area contributed by atoms with Gasteiger partial charge in [0.05, 0.1) is 12.5 Å². The SMILES string of the molecule is CC(C)C(=O)OCC(C(C)C)C(C)C. The summed E-state index contributed by atoms with van der Waals surface area (Å²) in [6.45, 7) is 13.0. The van der Waals surface area contributed by atoms with Crippen molar-refractivity contribution < 1.29 is 9.53 Å². The number of rotatable bonds is 5. The van der Waals surface area contributed by atoms with Gasteiger partial charge in [-0.1, -0.05) is 41.5 Å². The van der Waals surface area contributed by atoms with Crippen molar-refractivity contribution in [2.24, 2.45) is 23.7 Å². The second-order valence-electron chi connectivity index (χ2n) is 4.94. The van der Waals surface area contributed by atoms with E-state index in [2.05, 4.69) is 27.7 Å². The maximum Gasteiger partial charge on any atom is 0.308 e. The molecule has 2 nitrogen and oxygen atoms in total. The maximum absolute atomic E-state index is 11.3. The summed E-state index contributed by atoms with van der Waals surface area (Å²) in [7, 11) is 0. The number of hydrogen-bond acceptors (Lipinski definition) is 2. The molecule has 0 aliphatic carbocycles. The van der Waals surface area contributed by atoms with Crippen LogP contribution in [0.15, 0.2) is 0 Å². The van der Waals surface area contributed by atoms with Crippen LogP contribution < -0.4 is 0 Å². The Morgan fingerprint density at radius 1 is 1.00 bits per heavy atom. The topological polar surface area (TPSA) is 26.3 Å². The van der Waals surface area contributed by atoms with Gasteiger partial charge in [0.2, 0.25) is 0 Å². The minimum absolute atomic E-state index is 0.0185. The van der Waals surface area contributed by atoms with Gasteiger partial charge in [-0.3, -0.25) is 4.79 Å². The third kappa shape index (κ3) is 4.64. The van der Waals surface area contributed by atoms with Crippen molar-refractivity contribution in [3.05, 3.63) is 0 Å². The van der Waals surface area contributed by atoms with Gasteiger partial charge in [0, 0.05) is 0 Å². The molecule has 0 aromatic carbocycles. The largest absolute Gasteiger partial charge is 0.465 e. The summed E-state index contributed by atoms with van der Waals surface area (Å²) in [4.78, 5) is 11.3. The lowest BCUT2D eigenvalue weighted by molar-refractivity contribution is -0.149. The summed E-state index contributed by atoms with van der Waals surface area (Å²) in [6.07, 6.45) is 0. The third-order valence-electron chi connectivity index (χ3n) is 2.60. The fourth-order valence-electron chi connectivity index (χ4n) is 1.50. The van der Waals surface area contributed by atoms with Crippen molar-refractivity contribution in [1.29, 1.82) is 0 Å². The second kappa shape index (κ2) is 6.05. The van der Waals surface area contributed by atoms with Crippen LogP contribution in [0, 0.1) is 23.7 Å². The number of ether oxygens (including phenoxy) is 1. The normalized spacial score (nSPS) is 11.9. The molecule has 0 fully saturated rings. The van der Waals surface area contributed by atoms with Gasteiger partial charge in [0.25, 0.3) is 0 Å². The van der Waals surface area contributed by atoms with Crippen LogP contribution in [0.1, 0.15) is 41.5 Å². The molecule has 0 N–H and O–H groups in total. The highest BCUT2D eigenvalue weighted by Crippen LogP contribution is 2.21. The van der Waals surface area contributed by atoms with E-state index < -0.39 is 0 Å². The molecule has 0 aliphatic heterocycles. The van der Waals surface area contributed by atoms with Crippen LogP contribution in [0.25, 0.3) is 0 Å². The van der Waals surface area contributed by atoms with Crippen molar-refractivity contribution >= 4 is 5.97 Å². The highest BCUT2D eigenvalue weighted by molar-refractivity contribution is 5.71. The molecule has 0 aromatic rings. The lowest BCUT2D eigenvalue weighted by atomic mass is 9.86. The van der Waals surface area contributed by atoms with E-state index in [0.29, 0.717) is 24.4 Å². The zero-order valence-corrected chi connectivity index (χ0v) is 10.3. The molecule has 0 saturated carbocycles. The first-order valence-corrected chi connectivity index (χ1v) is 5.52. The fraction of sp³-hybridized carbons (Fsp3) is 0.917. The summed E-state index contributed by atoms with van der Waals surface area (Å²) >= 11 is 0.